The lowest BCUT2D eigenvalue weighted by atomic mass is 10.2. The molecule has 1 heterocycles. The maximum atomic E-state index is 13.0. The van der Waals surface area contributed by atoms with Crippen LogP contribution in [0.4, 0.5) is 4.39 Å². The Kier molecular flexibility index (Phi) is 3.08. The number of carboxylic acids is 1. The fourth-order valence-electron chi connectivity index (χ4n) is 1.84. The number of benzene rings is 1. The standard InChI is InChI=1S/C12H13FN2O2/c1-15-10-6-5-8(13)7-9(10)14-11(15)3-2-4-12(16)17/h5-7H,2-4H2,1H3,(H,16,17). The van der Waals surface area contributed by atoms with Crippen LogP contribution in [0.1, 0.15) is 18.7 Å². The molecule has 0 saturated heterocycles. The molecular formula is C12H13FN2O2. The molecule has 0 aliphatic heterocycles. The second-order valence-corrected chi connectivity index (χ2v) is 3.97. The molecule has 0 aliphatic carbocycles. The quantitative estimate of drug-likeness (QED) is 0.884. The normalized spacial score (nSPS) is 10.9. The van der Waals surface area contributed by atoms with Gasteiger partial charge in [-0.2, -0.15) is 0 Å². The molecule has 0 unspecified atom stereocenters. The lowest BCUT2D eigenvalue weighted by Crippen LogP contribution is -2.01. The van der Waals surface area contributed by atoms with Crippen LogP contribution >= 0.6 is 0 Å². The number of aliphatic carboxylic acids is 1. The van der Waals surface area contributed by atoms with E-state index in [1.807, 2.05) is 11.6 Å². The summed E-state index contributed by atoms with van der Waals surface area (Å²) in [5, 5.41) is 8.56. The molecule has 5 heteroatoms. The van der Waals surface area contributed by atoms with Gasteiger partial charge in [0, 0.05) is 26.0 Å². The average Bonchev–Trinajstić information content (AvgIpc) is 2.55. The zero-order valence-corrected chi connectivity index (χ0v) is 9.48. The number of rotatable bonds is 4. The molecule has 0 bridgehead atoms. The number of fused-ring (bicyclic) bond motifs is 1. The van der Waals surface area contributed by atoms with Gasteiger partial charge in [0.1, 0.15) is 11.6 Å². The molecule has 4 nitrogen and oxygen atoms in total. The van der Waals surface area contributed by atoms with Crippen LogP contribution in [0.25, 0.3) is 11.0 Å². The summed E-state index contributed by atoms with van der Waals surface area (Å²) < 4.78 is 14.9. The van der Waals surface area contributed by atoms with Crippen molar-refractivity contribution >= 4 is 17.0 Å². The van der Waals surface area contributed by atoms with E-state index in [9.17, 15) is 9.18 Å². The summed E-state index contributed by atoms with van der Waals surface area (Å²) >= 11 is 0. The van der Waals surface area contributed by atoms with Crippen LogP contribution in [-0.4, -0.2) is 20.6 Å². The first-order chi connectivity index (χ1) is 8.08. The zero-order chi connectivity index (χ0) is 12.4. The van der Waals surface area contributed by atoms with Crippen molar-refractivity contribution in [1.82, 2.24) is 9.55 Å². The van der Waals surface area contributed by atoms with E-state index in [0.717, 1.165) is 11.3 Å². The highest BCUT2D eigenvalue weighted by Crippen LogP contribution is 2.17. The van der Waals surface area contributed by atoms with Crippen molar-refractivity contribution in [1.29, 1.82) is 0 Å². The molecule has 0 amide bonds. The molecule has 0 atom stereocenters. The highest BCUT2D eigenvalue weighted by molar-refractivity contribution is 5.76. The first kappa shape index (κ1) is 11.6. The van der Waals surface area contributed by atoms with Gasteiger partial charge in [-0.15, -0.1) is 0 Å². The van der Waals surface area contributed by atoms with E-state index in [0.29, 0.717) is 18.4 Å². The van der Waals surface area contributed by atoms with Crippen molar-refractivity contribution in [3.63, 3.8) is 0 Å². The molecule has 0 fully saturated rings. The van der Waals surface area contributed by atoms with Gasteiger partial charge in [0.05, 0.1) is 11.0 Å². The third-order valence-corrected chi connectivity index (χ3v) is 2.73. The molecule has 2 aromatic rings. The van der Waals surface area contributed by atoms with Gasteiger partial charge in [-0.25, -0.2) is 9.37 Å². The Morgan fingerprint density at radius 1 is 1.53 bits per heavy atom. The van der Waals surface area contributed by atoms with Crippen molar-refractivity contribution in [2.75, 3.05) is 0 Å². The first-order valence-corrected chi connectivity index (χ1v) is 5.40. The largest absolute Gasteiger partial charge is 0.481 e. The van der Waals surface area contributed by atoms with Crippen LogP contribution in [0.15, 0.2) is 18.2 Å². The van der Waals surface area contributed by atoms with Crippen LogP contribution in [0.2, 0.25) is 0 Å². The SMILES string of the molecule is Cn1c(CCCC(=O)O)nc2cc(F)ccc21. The minimum Gasteiger partial charge on any atom is -0.481 e. The summed E-state index contributed by atoms with van der Waals surface area (Å²) in [7, 11) is 1.85. The number of aryl methyl sites for hydroxylation is 2. The molecule has 90 valence electrons. The highest BCUT2D eigenvalue weighted by Gasteiger charge is 2.08. The number of carbonyl (C=O) groups is 1. The minimum absolute atomic E-state index is 0.123. The fraction of sp³-hybridized carbons (Fsp3) is 0.333. The Morgan fingerprint density at radius 2 is 2.29 bits per heavy atom. The maximum absolute atomic E-state index is 13.0. The smallest absolute Gasteiger partial charge is 0.303 e. The molecule has 1 aromatic carbocycles. The van der Waals surface area contributed by atoms with Gasteiger partial charge in [-0.05, 0) is 18.6 Å². The molecule has 0 aliphatic rings. The van der Waals surface area contributed by atoms with Gasteiger partial charge in [-0.1, -0.05) is 0 Å². The summed E-state index contributed by atoms with van der Waals surface area (Å²) in [6.07, 6.45) is 1.24. The molecule has 17 heavy (non-hydrogen) atoms. The van der Waals surface area contributed by atoms with E-state index in [4.69, 9.17) is 5.11 Å². The molecule has 0 saturated carbocycles. The summed E-state index contributed by atoms with van der Waals surface area (Å²) in [6, 6.07) is 4.46. The summed E-state index contributed by atoms with van der Waals surface area (Å²) in [5.41, 5.74) is 1.47. The number of imidazole rings is 1. The predicted molar refractivity (Wildman–Crippen MR) is 61.2 cm³/mol. The number of hydrogen-bond acceptors (Lipinski definition) is 2. The van der Waals surface area contributed by atoms with Crippen molar-refractivity contribution < 1.29 is 14.3 Å². The van der Waals surface area contributed by atoms with Crippen molar-refractivity contribution in [2.24, 2.45) is 7.05 Å². The van der Waals surface area contributed by atoms with Gasteiger partial charge < -0.3 is 9.67 Å². The summed E-state index contributed by atoms with van der Waals surface area (Å²) in [6.45, 7) is 0. The fourth-order valence-corrected chi connectivity index (χ4v) is 1.84. The number of hydrogen-bond donors (Lipinski definition) is 1. The van der Waals surface area contributed by atoms with Crippen LogP contribution < -0.4 is 0 Å². The van der Waals surface area contributed by atoms with E-state index >= 15 is 0 Å². The zero-order valence-electron chi connectivity index (χ0n) is 9.48. The van der Waals surface area contributed by atoms with Gasteiger partial charge >= 0.3 is 5.97 Å². The summed E-state index contributed by atoms with van der Waals surface area (Å²) in [5.74, 6) is -0.339. The number of aromatic nitrogens is 2. The summed E-state index contributed by atoms with van der Waals surface area (Å²) in [4.78, 5) is 14.7. The Hall–Kier alpha value is -1.91. The molecule has 1 N–H and O–H groups in total. The van der Waals surface area contributed by atoms with Gasteiger partial charge in [0.15, 0.2) is 0 Å². The molecule has 2 rings (SSSR count). The van der Waals surface area contributed by atoms with E-state index in [1.54, 1.807) is 6.07 Å². The van der Waals surface area contributed by atoms with E-state index in [-0.39, 0.29) is 12.2 Å². The monoisotopic (exact) mass is 236 g/mol. The topological polar surface area (TPSA) is 55.1 Å². The maximum Gasteiger partial charge on any atom is 0.303 e. The van der Waals surface area contributed by atoms with Crippen LogP contribution in [-0.2, 0) is 18.3 Å². The third-order valence-electron chi connectivity index (χ3n) is 2.73. The van der Waals surface area contributed by atoms with Crippen molar-refractivity contribution in [3.8, 4) is 0 Å². The van der Waals surface area contributed by atoms with Crippen molar-refractivity contribution in [3.05, 3.63) is 29.8 Å². The molecule has 0 radical (unpaired) electrons. The second-order valence-electron chi connectivity index (χ2n) is 3.97. The van der Waals surface area contributed by atoms with Gasteiger partial charge in [-0.3, -0.25) is 4.79 Å². The van der Waals surface area contributed by atoms with E-state index in [1.165, 1.54) is 12.1 Å². The van der Waals surface area contributed by atoms with Crippen molar-refractivity contribution in [2.45, 2.75) is 19.3 Å². The Morgan fingerprint density at radius 3 is 3.00 bits per heavy atom. The lowest BCUT2D eigenvalue weighted by Gasteiger charge is -2.00. The van der Waals surface area contributed by atoms with E-state index in [2.05, 4.69) is 4.98 Å². The average molecular weight is 236 g/mol. The molecule has 1 aromatic heterocycles. The Balaban J connectivity index is 2.23. The van der Waals surface area contributed by atoms with Crippen LogP contribution in [0.5, 0.6) is 0 Å². The van der Waals surface area contributed by atoms with Crippen LogP contribution in [0.3, 0.4) is 0 Å². The minimum atomic E-state index is -0.810. The Labute approximate surface area is 97.7 Å². The third kappa shape index (κ3) is 2.43. The highest BCUT2D eigenvalue weighted by atomic mass is 19.1. The second kappa shape index (κ2) is 4.53. The number of halogens is 1. The molecular weight excluding hydrogens is 223 g/mol. The predicted octanol–water partition coefficient (Wildman–Crippen LogP) is 2.12. The Bertz CT molecular complexity index is 563. The van der Waals surface area contributed by atoms with Gasteiger partial charge in [0.25, 0.3) is 0 Å². The molecule has 0 spiro atoms. The van der Waals surface area contributed by atoms with E-state index < -0.39 is 5.97 Å². The van der Waals surface area contributed by atoms with Gasteiger partial charge in [0.2, 0.25) is 0 Å². The van der Waals surface area contributed by atoms with Crippen LogP contribution in [0, 0.1) is 5.82 Å². The number of nitrogens with zero attached hydrogens (tertiary/aromatic N) is 2. The first-order valence-electron chi connectivity index (χ1n) is 5.40. The lowest BCUT2D eigenvalue weighted by molar-refractivity contribution is -0.137. The number of carboxylic acid groups (broad SMARTS) is 1.